The fourth-order valence-electron chi connectivity index (χ4n) is 3.64. The Bertz CT molecular complexity index is 577. The Hall–Kier alpha value is -1.74. The zero-order valence-corrected chi connectivity index (χ0v) is 11.4. The van der Waals surface area contributed by atoms with Crippen LogP contribution in [0.2, 0.25) is 0 Å². The number of piperidine rings is 1. The molecule has 112 valence electrons. The number of hydrogen-bond donors (Lipinski definition) is 1. The highest BCUT2D eigenvalue weighted by Crippen LogP contribution is 2.41. The fourth-order valence-corrected chi connectivity index (χ4v) is 3.64. The molecule has 0 aromatic heterocycles. The van der Waals surface area contributed by atoms with Gasteiger partial charge in [-0.1, -0.05) is 0 Å². The van der Waals surface area contributed by atoms with Crippen molar-refractivity contribution >= 4 is 5.69 Å². The number of benzene rings is 1. The Morgan fingerprint density at radius 2 is 1.81 bits per heavy atom. The van der Waals surface area contributed by atoms with Crippen molar-refractivity contribution < 1.29 is 13.2 Å². The van der Waals surface area contributed by atoms with Crippen LogP contribution in [0.1, 0.15) is 36.8 Å². The third-order valence-electron chi connectivity index (χ3n) is 4.49. The summed E-state index contributed by atoms with van der Waals surface area (Å²) in [5.41, 5.74) is 5.94. The molecule has 0 spiro atoms. The van der Waals surface area contributed by atoms with E-state index in [4.69, 9.17) is 5.73 Å². The molecule has 2 aliphatic heterocycles. The number of nitrogens with two attached hydrogens (primary N) is 1. The van der Waals surface area contributed by atoms with E-state index in [2.05, 4.69) is 4.90 Å². The van der Waals surface area contributed by atoms with Crippen LogP contribution in [0, 0.1) is 11.3 Å². The van der Waals surface area contributed by atoms with Crippen LogP contribution in [-0.4, -0.2) is 18.1 Å². The first-order chi connectivity index (χ1) is 9.90. The standard InChI is InChI=1S/C15H16F3N3/c16-15(17,18)10-1-4-14(9(5-10)8-19)21-12-2-3-13(21)7-11(20)6-12/h1,4-5,11-13H,2-3,6-7,20H2. The van der Waals surface area contributed by atoms with E-state index >= 15 is 0 Å². The molecule has 6 heteroatoms. The molecule has 21 heavy (non-hydrogen) atoms. The van der Waals surface area contributed by atoms with E-state index in [0.717, 1.165) is 37.8 Å². The van der Waals surface area contributed by atoms with E-state index in [0.29, 0.717) is 5.69 Å². The molecule has 2 fully saturated rings. The third kappa shape index (κ3) is 2.46. The monoisotopic (exact) mass is 295 g/mol. The van der Waals surface area contributed by atoms with Gasteiger partial charge in [0.1, 0.15) is 6.07 Å². The van der Waals surface area contributed by atoms with E-state index in [1.807, 2.05) is 6.07 Å². The number of fused-ring (bicyclic) bond motifs is 2. The van der Waals surface area contributed by atoms with Crippen LogP contribution in [0.25, 0.3) is 0 Å². The summed E-state index contributed by atoms with van der Waals surface area (Å²) in [7, 11) is 0. The van der Waals surface area contributed by atoms with Gasteiger partial charge in [0.15, 0.2) is 0 Å². The largest absolute Gasteiger partial charge is 0.416 e. The number of halogens is 3. The first-order valence-corrected chi connectivity index (χ1v) is 7.05. The average molecular weight is 295 g/mol. The predicted octanol–water partition coefficient (Wildman–Crippen LogP) is 3.04. The Labute approximate surface area is 121 Å². The summed E-state index contributed by atoms with van der Waals surface area (Å²) in [6.07, 6.45) is -0.771. The number of alkyl halides is 3. The van der Waals surface area contributed by atoms with Gasteiger partial charge >= 0.3 is 6.18 Å². The molecule has 2 N–H and O–H groups in total. The SMILES string of the molecule is N#Cc1cc(C(F)(F)F)ccc1N1C2CCC1CC(N)C2. The van der Waals surface area contributed by atoms with Crippen LogP contribution >= 0.6 is 0 Å². The summed E-state index contributed by atoms with van der Waals surface area (Å²) in [5.74, 6) is 0. The molecule has 2 saturated heterocycles. The number of nitriles is 1. The second-order valence-electron chi connectivity index (χ2n) is 5.87. The summed E-state index contributed by atoms with van der Waals surface area (Å²) in [5, 5.41) is 9.22. The molecular formula is C15H16F3N3. The Balaban J connectivity index is 1.98. The highest BCUT2D eigenvalue weighted by atomic mass is 19.4. The van der Waals surface area contributed by atoms with Crippen LogP contribution in [0.4, 0.5) is 18.9 Å². The van der Waals surface area contributed by atoms with Gasteiger partial charge in [0.2, 0.25) is 0 Å². The second-order valence-corrected chi connectivity index (χ2v) is 5.87. The average Bonchev–Trinajstić information content (AvgIpc) is 2.68. The Kier molecular flexibility index (Phi) is 3.33. The lowest BCUT2D eigenvalue weighted by Gasteiger charge is -2.40. The van der Waals surface area contributed by atoms with Crippen LogP contribution in [0.3, 0.4) is 0 Å². The molecule has 2 unspecified atom stereocenters. The van der Waals surface area contributed by atoms with E-state index in [-0.39, 0.29) is 23.7 Å². The van der Waals surface area contributed by atoms with E-state index in [9.17, 15) is 18.4 Å². The highest BCUT2D eigenvalue weighted by Gasteiger charge is 2.41. The molecule has 2 heterocycles. The summed E-state index contributed by atoms with van der Waals surface area (Å²) < 4.78 is 38.3. The lowest BCUT2D eigenvalue weighted by atomic mass is 9.96. The summed E-state index contributed by atoms with van der Waals surface area (Å²) in [4.78, 5) is 2.11. The Morgan fingerprint density at radius 1 is 1.19 bits per heavy atom. The molecule has 2 aliphatic rings. The molecule has 0 radical (unpaired) electrons. The number of rotatable bonds is 1. The Morgan fingerprint density at radius 3 is 2.33 bits per heavy atom. The topological polar surface area (TPSA) is 53.0 Å². The van der Waals surface area contributed by atoms with Gasteiger partial charge in [0.05, 0.1) is 16.8 Å². The van der Waals surface area contributed by atoms with Crippen LogP contribution in [-0.2, 0) is 6.18 Å². The number of anilines is 1. The van der Waals surface area contributed by atoms with Crippen molar-refractivity contribution in [3.8, 4) is 6.07 Å². The van der Waals surface area contributed by atoms with Gasteiger partial charge in [0.25, 0.3) is 0 Å². The van der Waals surface area contributed by atoms with Crippen molar-refractivity contribution in [3.63, 3.8) is 0 Å². The van der Waals surface area contributed by atoms with Crippen molar-refractivity contribution in [2.24, 2.45) is 5.73 Å². The lowest BCUT2D eigenvalue weighted by molar-refractivity contribution is -0.137. The maximum Gasteiger partial charge on any atom is 0.416 e. The molecule has 0 aliphatic carbocycles. The van der Waals surface area contributed by atoms with Crippen LogP contribution in [0.15, 0.2) is 18.2 Å². The highest BCUT2D eigenvalue weighted by molar-refractivity contribution is 5.63. The minimum atomic E-state index is -4.42. The maximum absolute atomic E-state index is 12.8. The summed E-state index contributed by atoms with van der Waals surface area (Å²) in [6.45, 7) is 0. The minimum absolute atomic E-state index is 0.0946. The normalized spacial score (nSPS) is 28.5. The smallest absolute Gasteiger partial charge is 0.364 e. The van der Waals surface area contributed by atoms with Gasteiger partial charge in [0, 0.05) is 18.1 Å². The molecule has 0 saturated carbocycles. The fraction of sp³-hybridized carbons (Fsp3) is 0.533. The molecular weight excluding hydrogens is 279 g/mol. The van der Waals surface area contributed by atoms with Crippen molar-refractivity contribution in [1.82, 2.24) is 0 Å². The van der Waals surface area contributed by atoms with Crippen LogP contribution < -0.4 is 10.6 Å². The molecule has 1 aromatic rings. The number of hydrogen-bond acceptors (Lipinski definition) is 3. The van der Waals surface area contributed by atoms with E-state index < -0.39 is 11.7 Å². The molecule has 3 nitrogen and oxygen atoms in total. The van der Waals surface area contributed by atoms with Gasteiger partial charge in [-0.05, 0) is 43.9 Å². The molecule has 2 bridgehead atoms. The zero-order chi connectivity index (χ0) is 15.2. The first kappa shape index (κ1) is 14.2. The molecule has 3 rings (SSSR count). The van der Waals surface area contributed by atoms with Gasteiger partial charge in [-0.3, -0.25) is 0 Å². The van der Waals surface area contributed by atoms with Crippen molar-refractivity contribution in [1.29, 1.82) is 5.26 Å². The van der Waals surface area contributed by atoms with Crippen molar-refractivity contribution in [2.45, 2.75) is 50.0 Å². The van der Waals surface area contributed by atoms with Gasteiger partial charge in [-0.25, -0.2) is 0 Å². The molecule has 2 atom stereocenters. The predicted molar refractivity (Wildman–Crippen MR) is 72.7 cm³/mol. The van der Waals surface area contributed by atoms with E-state index in [1.165, 1.54) is 6.07 Å². The van der Waals surface area contributed by atoms with Gasteiger partial charge in [-0.2, -0.15) is 18.4 Å². The number of nitrogens with zero attached hydrogens (tertiary/aromatic N) is 2. The first-order valence-electron chi connectivity index (χ1n) is 7.05. The third-order valence-corrected chi connectivity index (χ3v) is 4.49. The lowest BCUT2D eigenvalue weighted by Crippen LogP contribution is -2.47. The summed E-state index contributed by atoms with van der Waals surface area (Å²) in [6, 6.07) is 5.98. The maximum atomic E-state index is 12.8. The second kappa shape index (κ2) is 4.92. The minimum Gasteiger partial charge on any atom is -0.364 e. The molecule has 0 amide bonds. The zero-order valence-electron chi connectivity index (χ0n) is 11.4. The molecule has 1 aromatic carbocycles. The van der Waals surface area contributed by atoms with Crippen molar-refractivity contribution in [3.05, 3.63) is 29.3 Å². The van der Waals surface area contributed by atoms with Gasteiger partial charge in [-0.15, -0.1) is 0 Å². The quantitative estimate of drug-likeness (QED) is 0.866. The van der Waals surface area contributed by atoms with Crippen molar-refractivity contribution in [2.75, 3.05) is 4.90 Å². The van der Waals surface area contributed by atoms with Crippen LogP contribution in [0.5, 0.6) is 0 Å². The summed E-state index contributed by atoms with van der Waals surface area (Å²) >= 11 is 0. The van der Waals surface area contributed by atoms with E-state index in [1.54, 1.807) is 0 Å². The van der Waals surface area contributed by atoms with Gasteiger partial charge < -0.3 is 10.6 Å².